The number of amides is 1. The molecule has 0 unspecified atom stereocenters. The number of carbonyl (C=O) groups is 1. The van der Waals surface area contributed by atoms with Crippen LogP contribution in [0.1, 0.15) is 10.4 Å². The van der Waals surface area contributed by atoms with E-state index in [1.54, 1.807) is 34.9 Å². The molecule has 1 N–H and O–H groups in total. The van der Waals surface area contributed by atoms with Crippen molar-refractivity contribution in [3.05, 3.63) is 66.3 Å². The van der Waals surface area contributed by atoms with Crippen molar-refractivity contribution in [3.8, 4) is 5.82 Å². The average Bonchev–Trinajstić information content (AvgIpc) is 3.26. The van der Waals surface area contributed by atoms with E-state index < -0.39 is 0 Å². The van der Waals surface area contributed by atoms with Crippen LogP contribution in [0.5, 0.6) is 0 Å². The summed E-state index contributed by atoms with van der Waals surface area (Å²) >= 11 is 1.51. The van der Waals surface area contributed by atoms with Crippen LogP contribution in [0.3, 0.4) is 0 Å². The quantitative estimate of drug-likeness (QED) is 0.629. The zero-order valence-electron chi connectivity index (χ0n) is 11.9. The molecule has 4 rings (SSSR count). The molecule has 0 fully saturated rings. The number of carbonyl (C=O) groups excluding carboxylic acids is 1. The Hall–Kier alpha value is -3.06. The van der Waals surface area contributed by atoms with E-state index in [0.29, 0.717) is 11.3 Å². The molecule has 23 heavy (non-hydrogen) atoms. The van der Waals surface area contributed by atoms with Gasteiger partial charge in [0.1, 0.15) is 12.1 Å². The highest BCUT2D eigenvalue weighted by Gasteiger charge is 2.08. The maximum Gasteiger partial charge on any atom is 0.255 e. The van der Waals surface area contributed by atoms with Crippen LogP contribution in [0, 0.1) is 0 Å². The van der Waals surface area contributed by atoms with E-state index in [1.165, 1.54) is 11.3 Å². The number of anilines is 1. The van der Waals surface area contributed by atoms with Gasteiger partial charge < -0.3 is 5.32 Å². The third-order valence-electron chi connectivity index (χ3n) is 3.37. The molecule has 0 aliphatic rings. The van der Waals surface area contributed by atoms with E-state index in [9.17, 15) is 4.79 Å². The fourth-order valence-electron chi connectivity index (χ4n) is 2.21. The van der Waals surface area contributed by atoms with E-state index in [-0.39, 0.29) is 5.91 Å². The van der Waals surface area contributed by atoms with Crippen molar-refractivity contribution < 1.29 is 4.79 Å². The number of benzene rings is 1. The highest BCUT2D eigenvalue weighted by molar-refractivity contribution is 7.16. The van der Waals surface area contributed by atoms with Gasteiger partial charge in [-0.1, -0.05) is 0 Å². The number of pyridine rings is 1. The van der Waals surface area contributed by atoms with Gasteiger partial charge in [0.15, 0.2) is 0 Å². The van der Waals surface area contributed by atoms with Gasteiger partial charge in [0.2, 0.25) is 0 Å². The molecule has 0 spiro atoms. The minimum absolute atomic E-state index is 0.169. The number of nitrogens with zero attached hydrogens (tertiary/aromatic N) is 4. The van der Waals surface area contributed by atoms with Crippen molar-refractivity contribution in [2.45, 2.75) is 0 Å². The molecule has 0 radical (unpaired) electrons. The molecule has 1 amide bonds. The number of aromatic nitrogens is 4. The van der Waals surface area contributed by atoms with Crippen molar-refractivity contribution in [1.29, 1.82) is 0 Å². The first kappa shape index (κ1) is 13.6. The Balaban J connectivity index is 1.53. The normalized spacial score (nSPS) is 10.8. The van der Waals surface area contributed by atoms with Crippen molar-refractivity contribution in [2.75, 3.05) is 5.32 Å². The second-order valence-electron chi connectivity index (χ2n) is 4.86. The van der Waals surface area contributed by atoms with E-state index in [0.717, 1.165) is 16.0 Å². The number of fused-ring (bicyclic) bond motifs is 1. The first-order valence-electron chi connectivity index (χ1n) is 6.88. The smallest absolute Gasteiger partial charge is 0.255 e. The summed E-state index contributed by atoms with van der Waals surface area (Å²) in [6, 6.07) is 9.09. The molecular formula is C16H11N5OS. The molecular weight excluding hydrogens is 310 g/mol. The molecule has 0 saturated carbocycles. The maximum absolute atomic E-state index is 12.3. The van der Waals surface area contributed by atoms with Crippen LogP contribution in [0.2, 0.25) is 0 Å². The van der Waals surface area contributed by atoms with E-state index in [1.807, 2.05) is 30.5 Å². The zero-order valence-corrected chi connectivity index (χ0v) is 12.7. The van der Waals surface area contributed by atoms with Crippen LogP contribution in [0.15, 0.2) is 60.8 Å². The zero-order chi connectivity index (χ0) is 15.6. The molecule has 0 saturated heterocycles. The lowest BCUT2D eigenvalue weighted by molar-refractivity contribution is 0.102. The van der Waals surface area contributed by atoms with E-state index in [4.69, 9.17) is 0 Å². The van der Waals surface area contributed by atoms with Crippen LogP contribution in [0.4, 0.5) is 5.69 Å². The summed E-state index contributed by atoms with van der Waals surface area (Å²) in [7, 11) is 0. The van der Waals surface area contributed by atoms with Gasteiger partial charge in [-0.3, -0.25) is 9.36 Å². The molecule has 0 bridgehead atoms. The van der Waals surface area contributed by atoms with Crippen LogP contribution in [-0.2, 0) is 0 Å². The number of hydrogen-bond donors (Lipinski definition) is 1. The Morgan fingerprint density at radius 3 is 2.91 bits per heavy atom. The Kier molecular flexibility index (Phi) is 3.32. The highest BCUT2D eigenvalue weighted by Crippen LogP contribution is 2.20. The van der Waals surface area contributed by atoms with Gasteiger partial charge in [-0.2, -0.15) is 0 Å². The van der Waals surface area contributed by atoms with E-state index in [2.05, 4.69) is 20.3 Å². The van der Waals surface area contributed by atoms with Crippen molar-refractivity contribution in [1.82, 2.24) is 19.5 Å². The largest absolute Gasteiger partial charge is 0.321 e. The van der Waals surface area contributed by atoms with Crippen LogP contribution < -0.4 is 5.32 Å². The number of thiazole rings is 1. The molecule has 3 aromatic heterocycles. The fraction of sp³-hybridized carbons (Fsp3) is 0. The van der Waals surface area contributed by atoms with Gasteiger partial charge in [-0.15, -0.1) is 11.3 Å². The molecule has 3 heterocycles. The van der Waals surface area contributed by atoms with Crippen LogP contribution in [-0.4, -0.2) is 25.4 Å². The second kappa shape index (κ2) is 5.62. The molecule has 112 valence electrons. The summed E-state index contributed by atoms with van der Waals surface area (Å²) < 4.78 is 2.79. The fourth-order valence-corrected chi connectivity index (χ4v) is 2.92. The summed E-state index contributed by atoms with van der Waals surface area (Å²) in [5, 5.41) is 2.85. The SMILES string of the molecule is O=C(Nc1ccc(-n2ccnc2)nc1)c1ccc2ncsc2c1. The lowest BCUT2D eigenvalue weighted by Crippen LogP contribution is -2.12. The van der Waals surface area contributed by atoms with Crippen LogP contribution in [0.25, 0.3) is 16.0 Å². The Labute approximate surface area is 135 Å². The first-order chi connectivity index (χ1) is 11.3. The summed E-state index contributed by atoms with van der Waals surface area (Å²) in [6.07, 6.45) is 6.79. The van der Waals surface area contributed by atoms with Gasteiger partial charge in [0, 0.05) is 18.0 Å². The minimum Gasteiger partial charge on any atom is -0.321 e. The summed E-state index contributed by atoms with van der Waals surface area (Å²) in [4.78, 5) is 24.8. The van der Waals surface area contributed by atoms with Crippen molar-refractivity contribution >= 4 is 33.1 Å². The van der Waals surface area contributed by atoms with Crippen LogP contribution >= 0.6 is 11.3 Å². The Morgan fingerprint density at radius 1 is 1.17 bits per heavy atom. The third kappa shape index (κ3) is 2.69. The molecule has 6 nitrogen and oxygen atoms in total. The van der Waals surface area contributed by atoms with Crippen molar-refractivity contribution in [2.24, 2.45) is 0 Å². The molecule has 4 aromatic rings. The van der Waals surface area contributed by atoms with Gasteiger partial charge >= 0.3 is 0 Å². The number of imidazole rings is 1. The first-order valence-corrected chi connectivity index (χ1v) is 7.76. The standard InChI is InChI=1S/C16H11N5OS/c22-16(11-1-3-13-14(7-11)23-10-19-13)20-12-2-4-15(18-8-12)21-6-5-17-9-21/h1-10H,(H,20,22). The Morgan fingerprint density at radius 2 is 2.13 bits per heavy atom. The molecule has 0 aliphatic heterocycles. The number of hydrogen-bond acceptors (Lipinski definition) is 5. The van der Waals surface area contributed by atoms with Crippen molar-refractivity contribution in [3.63, 3.8) is 0 Å². The molecule has 7 heteroatoms. The topological polar surface area (TPSA) is 72.7 Å². The molecule has 0 atom stereocenters. The highest BCUT2D eigenvalue weighted by atomic mass is 32.1. The monoisotopic (exact) mass is 321 g/mol. The summed E-state index contributed by atoms with van der Waals surface area (Å²) in [6.45, 7) is 0. The van der Waals surface area contributed by atoms with E-state index >= 15 is 0 Å². The predicted octanol–water partition coefficient (Wildman–Crippen LogP) is 3.13. The maximum atomic E-state index is 12.3. The number of rotatable bonds is 3. The second-order valence-corrected chi connectivity index (χ2v) is 5.75. The average molecular weight is 321 g/mol. The molecule has 1 aromatic carbocycles. The van der Waals surface area contributed by atoms with Gasteiger partial charge in [0.05, 0.1) is 27.6 Å². The minimum atomic E-state index is -0.169. The summed E-state index contributed by atoms with van der Waals surface area (Å²) in [5.74, 6) is 0.573. The predicted molar refractivity (Wildman–Crippen MR) is 88.9 cm³/mol. The lowest BCUT2D eigenvalue weighted by Gasteiger charge is -2.06. The Bertz CT molecular complexity index is 960. The van der Waals surface area contributed by atoms with Gasteiger partial charge in [-0.25, -0.2) is 15.0 Å². The third-order valence-corrected chi connectivity index (χ3v) is 4.16. The van der Waals surface area contributed by atoms with Gasteiger partial charge in [-0.05, 0) is 30.3 Å². The lowest BCUT2D eigenvalue weighted by atomic mass is 10.2. The summed E-state index contributed by atoms with van der Waals surface area (Å²) in [5.41, 5.74) is 3.91. The molecule has 0 aliphatic carbocycles. The number of nitrogens with one attached hydrogen (secondary N) is 1. The van der Waals surface area contributed by atoms with Gasteiger partial charge in [0.25, 0.3) is 5.91 Å².